The molecule has 2 unspecified atom stereocenters. The number of rotatable bonds is 4. The van der Waals surface area contributed by atoms with Crippen LogP contribution in [0.5, 0.6) is 0 Å². The van der Waals surface area contributed by atoms with Gasteiger partial charge in [0.25, 0.3) is 11.8 Å². The van der Waals surface area contributed by atoms with Crippen molar-refractivity contribution in [2.45, 2.75) is 50.2 Å². The van der Waals surface area contributed by atoms with Gasteiger partial charge in [0.1, 0.15) is 0 Å². The van der Waals surface area contributed by atoms with Gasteiger partial charge < -0.3 is 20.1 Å². The number of hydrogen-bond acceptors (Lipinski definition) is 4. The number of anilines is 1. The molecule has 2 N–H and O–H groups in total. The highest BCUT2D eigenvalue weighted by molar-refractivity contribution is 6.35. The van der Waals surface area contributed by atoms with E-state index in [-0.39, 0.29) is 35.8 Å². The molecule has 2 bridgehead atoms. The summed E-state index contributed by atoms with van der Waals surface area (Å²) in [6, 6.07) is 14.9. The quantitative estimate of drug-likeness (QED) is 0.373. The third kappa shape index (κ3) is 4.32. The van der Waals surface area contributed by atoms with E-state index in [0.29, 0.717) is 28.1 Å². The summed E-state index contributed by atoms with van der Waals surface area (Å²) < 4.78 is 1.96. The van der Waals surface area contributed by atoms with Crippen LogP contribution in [0.4, 0.5) is 5.69 Å². The van der Waals surface area contributed by atoms with E-state index in [9.17, 15) is 14.4 Å². The van der Waals surface area contributed by atoms with Gasteiger partial charge in [0.15, 0.2) is 0 Å². The highest BCUT2D eigenvalue weighted by Crippen LogP contribution is 2.38. The Kier molecular flexibility index (Phi) is 5.89. The van der Waals surface area contributed by atoms with E-state index in [1.165, 1.54) is 0 Å². The summed E-state index contributed by atoms with van der Waals surface area (Å²) in [5.41, 5.74) is 5.20. The van der Waals surface area contributed by atoms with E-state index in [4.69, 9.17) is 16.6 Å². The Bertz CT molecular complexity index is 1700. The van der Waals surface area contributed by atoms with Gasteiger partial charge in [0.05, 0.1) is 22.7 Å². The van der Waals surface area contributed by atoms with Crippen LogP contribution in [0.1, 0.15) is 52.0 Å². The van der Waals surface area contributed by atoms with Crippen LogP contribution in [0.3, 0.4) is 0 Å². The minimum atomic E-state index is -0.141. The SMILES string of the molecule is Cn1ccc(-c2cc(Cl)c3ccc(C(=O)N4C5CCC4CC(NC(=O)c4ccc6c(c4)CC(=O)N6)C5)cc3n2)c1. The third-order valence-electron chi connectivity index (χ3n) is 8.43. The predicted molar refractivity (Wildman–Crippen MR) is 153 cm³/mol. The molecule has 4 aromatic rings. The van der Waals surface area contributed by atoms with Crippen LogP contribution >= 0.6 is 11.6 Å². The lowest BCUT2D eigenvalue weighted by Crippen LogP contribution is -2.52. The molecular weight excluding hydrogens is 526 g/mol. The van der Waals surface area contributed by atoms with Crippen LogP contribution in [0.25, 0.3) is 22.2 Å². The molecule has 8 nitrogen and oxygen atoms in total. The monoisotopic (exact) mass is 553 g/mol. The highest BCUT2D eigenvalue weighted by atomic mass is 35.5. The average molecular weight is 554 g/mol. The predicted octanol–water partition coefficient (Wildman–Crippen LogP) is 4.95. The number of aryl methyl sites for hydroxylation is 1. The highest BCUT2D eigenvalue weighted by Gasteiger charge is 2.44. The Morgan fingerprint density at radius 2 is 1.80 bits per heavy atom. The third-order valence-corrected chi connectivity index (χ3v) is 8.74. The molecule has 40 heavy (non-hydrogen) atoms. The molecule has 9 heteroatoms. The minimum absolute atomic E-state index is 0.00185. The van der Waals surface area contributed by atoms with Crippen molar-refractivity contribution in [3.05, 3.63) is 82.6 Å². The van der Waals surface area contributed by atoms with Crippen LogP contribution in [0.2, 0.25) is 5.02 Å². The molecule has 0 spiro atoms. The molecule has 2 aromatic carbocycles. The van der Waals surface area contributed by atoms with Gasteiger partial charge in [-0.25, -0.2) is 4.98 Å². The fraction of sp³-hybridized carbons (Fsp3) is 0.290. The first-order chi connectivity index (χ1) is 19.3. The zero-order valence-corrected chi connectivity index (χ0v) is 22.7. The van der Waals surface area contributed by atoms with Crippen molar-refractivity contribution >= 4 is 45.9 Å². The van der Waals surface area contributed by atoms with Gasteiger partial charge in [0, 0.05) is 65.3 Å². The standard InChI is InChI=1S/C31H28ClN5O3/c1-36-9-8-19(16-36)27-15-25(32)24-6-2-18(11-28(24)34-27)31(40)37-22-4-5-23(37)14-21(13-22)33-30(39)17-3-7-26-20(10-17)12-29(38)35-26/h2-3,6-11,15-16,21-23H,4-5,12-14H2,1H3,(H,33,39)(H,35,38). The first-order valence-corrected chi connectivity index (χ1v) is 14.0. The number of hydrogen-bond donors (Lipinski definition) is 2. The van der Waals surface area contributed by atoms with Crippen LogP contribution in [-0.2, 0) is 18.3 Å². The van der Waals surface area contributed by atoms with E-state index in [0.717, 1.165) is 53.6 Å². The smallest absolute Gasteiger partial charge is 0.254 e. The van der Waals surface area contributed by atoms with Gasteiger partial charge in [-0.2, -0.15) is 0 Å². The lowest BCUT2D eigenvalue weighted by molar-refractivity contribution is -0.115. The summed E-state index contributed by atoms with van der Waals surface area (Å²) >= 11 is 6.60. The number of piperidine rings is 1. The second-order valence-corrected chi connectivity index (χ2v) is 11.5. The van der Waals surface area contributed by atoms with Gasteiger partial charge in [0.2, 0.25) is 5.91 Å². The second kappa shape index (κ2) is 9.48. The van der Waals surface area contributed by atoms with Gasteiger partial charge in [-0.05, 0) is 73.7 Å². The molecule has 0 saturated carbocycles. The van der Waals surface area contributed by atoms with Crippen molar-refractivity contribution in [1.82, 2.24) is 19.8 Å². The molecule has 202 valence electrons. The summed E-state index contributed by atoms with van der Waals surface area (Å²) in [4.78, 5) is 45.3. The fourth-order valence-electron chi connectivity index (χ4n) is 6.54. The fourth-order valence-corrected chi connectivity index (χ4v) is 6.80. The zero-order chi connectivity index (χ0) is 27.5. The maximum absolute atomic E-state index is 13.8. The molecular formula is C31H28ClN5O3. The lowest BCUT2D eigenvalue weighted by atomic mass is 9.95. The van der Waals surface area contributed by atoms with Crippen molar-refractivity contribution in [3.8, 4) is 11.3 Å². The summed E-state index contributed by atoms with van der Waals surface area (Å²) in [5.74, 6) is -0.195. The van der Waals surface area contributed by atoms with Gasteiger partial charge in [-0.15, -0.1) is 0 Å². The topological polar surface area (TPSA) is 96.3 Å². The largest absolute Gasteiger partial charge is 0.357 e. The first kappa shape index (κ1) is 24.8. The van der Waals surface area contributed by atoms with E-state index in [1.807, 2.05) is 59.2 Å². The number of amides is 3. The number of aromatic nitrogens is 2. The van der Waals surface area contributed by atoms with E-state index < -0.39 is 0 Å². The number of carbonyl (C=O) groups is 3. The minimum Gasteiger partial charge on any atom is -0.357 e. The van der Waals surface area contributed by atoms with Crippen LogP contribution < -0.4 is 10.6 Å². The molecule has 3 aliphatic rings. The molecule has 2 atom stereocenters. The Hall–Kier alpha value is -4.17. The Labute approximate surface area is 236 Å². The van der Waals surface area contributed by atoms with Crippen LogP contribution in [0.15, 0.2) is 60.9 Å². The number of nitrogens with zero attached hydrogens (tertiary/aromatic N) is 3. The van der Waals surface area contributed by atoms with Gasteiger partial charge in [-0.3, -0.25) is 14.4 Å². The molecule has 0 radical (unpaired) electrons. The molecule has 2 fully saturated rings. The summed E-state index contributed by atoms with van der Waals surface area (Å²) in [6.07, 6.45) is 7.52. The molecule has 2 aromatic heterocycles. The molecule has 3 aliphatic heterocycles. The number of halogens is 1. The zero-order valence-electron chi connectivity index (χ0n) is 22.0. The average Bonchev–Trinajstić information content (AvgIpc) is 3.61. The van der Waals surface area contributed by atoms with Crippen molar-refractivity contribution in [2.75, 3.05) is 5.32 Å². The van der Waals surface area contributed by atoms with E-state index in [2.05, 4.69) is 10.6 Å². The molecule has 5 heterocycles. The van der Waals surface area contributed by atoms with Crippen molar-refractivity contribution in [3.63, 3.8) is 0 Å². The summed E-state index contributed by atoms with van der Waals surface area (Å²) in [7, 11) is 1.96. The number of nitrogens with one attached hydrogen (secondary N) is 2. The van der Waals surface area contributed by atoms with E-state index >= 15 is 0 Å². The maximum atomic E-state index is 13.8. The number of carbonyl (C=O) groups excluding carboxylic acids is 3. The Balaban J connectivity index is 1.08. The van der Waals surface area contributed by atoms with Crippen molar-refractivity contribution in [2.24, 2.45) is 7.05 Å². The number of fused-ring (bicyclic) bond motifs is 4. The normalized spacial score (nSPS) is 21.4. The molecule has 3 amide bonds. The molecule has 2 saturated heterocycles. The maximum Gasteiger partial charge on any atom is 0.254 e. The summed E-state index contributed by atoms with van der Waals surface area (Å²) in [5, 5.41) is 7.40. The Morgan fingerprint density at radius 1 is 1.02 bits per heavy atom. The molecule has 0 aliphatic carbocycles. The Morgan fingerprint density at radius 3 is 2.55 bits per heavy atom. The van der Waals surface area contributed by atoms with Gasteiger partial charge in [-0.1, -0.05) is 17.7 Å². The van der Waals surface area contributed by atoms with Crippen LogP contribution in [0, 0.1) is 0 Å². The number of pyridine rings is 1. The summed E-state index contributed by atoms with van der Waals surface area (Å²) in [6.45, 7) is 0. The van der Waals surface area contributed by atoms with Crippen LogP contribution in [-0.4, -0.2) is 50.3 Å². The number of benzene rings is 2. The van der Waals surface area contributed by atoms with E-state index in [1.54, 1.807) is 18.2 Å². The van der Waals surface area contributed by atoms with Gasteiger partial charge >= 0.3 is 0 Å². The van der Waals surface area contributed by atoms with Crippen molar-refractivity contribution in [1.29, 1.82) is 0 Å². The molecule has 7 rings (SSSR count). The first-order valence-electron chi connectivity index (χ1n) is 13.6. The lowest BCUT2D eigenvalue weighted by Gasteiger charge is -2.39. The van der Waals surface area contributed by atoms with Crippen molar-refractivity contribution < 1.29 is 14.4 Å². The second-order valence-electron chi connectivity index (χ2n) is 11.1.